The largest absolute Gasteiger partial charge is 0.504 e. The number of phenolic OH excluding ortho intramolecular Hbond substituents is 1. The number of rotatable bonds is 9. The zero-order valence-corrected chi connectivity index (χ0v) is 18.5. The van der Waals surface area contributed by atoms with Crippen molar-refractivity contribution in [3.05, 3.63) is 23.8 Å². The predicted molar refractivity (Wildman–Crippen MR) is 115 cm³/mol. The van der Waals surface area contributed by atoms with Crippen LogP contribution in [0.5, 0.6) is 11.5 Å². The van der Waals surface area contributed by atoms with E-state index in [1.165, 1.54) is 40.2 Å². The van der Waals surface area contributed by atoms with Crippen molar-refractivity contribution in [1.29, 1.82) is 0 Å². The van der Waals surface area contributed by atoms with Crippen molar-refractivity contribution >= 4 is 11.9 Å². The molecule has 0 saturated heterocycles. The molecule has 1 fully saturated rings. The average molecular weight is 421 g/mol. The number of esters is 2. The second-order valence-electron chi connectivity index (χ2n) is 8.27. The van der Waals surface area contributed by atoms with E-state index in [-0.39, 0.29) is 29.9 Å². The SMILES string of the molecule is COc1cc(CC[C@H](C[C@@H](OC(C)=O)C2CCCCCCC2)OC(C)=O)ccc1O. The average Bonchev–Trinajstić information content (AvgIpc) is 2.65. The van der Waals surface area contributed by atoms with Gasteiger partial charge in [0.15, 0.2) is 11.5 Å². The highest BCUT2D eigenvalue weighted by Crippen LogP contribution is 2.31. The Balaban J connectivity index is 2.08. The summed E-state index contributed by atoms with van der Waals surface area (Å²) in [6.45, 7) is 2.85. The number of aromatic hydroxyl groups is 1. The summed E-state index contributed by atoms with van der Waals surface area (Å²) in [6, 6.07) is 5.23. The van der Waals surface area contributed by atoms with E-state index in [4.69, 9.17) is 14.2 Å². The highest BCUT2D eigenvalue weighted by molar-refractivity contribution is 5.66. The summed E-state index contributed by atoms with van der Waals surface area (Å²) in [7, 11) is 1.51. The molecule has 1 N–H and O–H groups in total. The quantitative estimate of drug-likeness (QED) is 0.569. The lowest BCUT2D eigenvalue weighted by atomic mass is 9.84. The number of carbonyl (C=O) groups is 2. The minimum atomic E-state index is -0.336. The van der Waals surface area contributed by atoms with Crippen LogP contribution in [0.4, 0.5) is 0 Å². The molecule has 0 bridgehead atoms. The Morgan fingerprint density at radius 2 is 1.67 bits per heavy atom. The van der Waals surface area contributed by atoms with E-state index in [0.717, 1.165) is 31.2 Å². The van der Waals surface area contributed by atoms with Crippen LogP contribution in [0.2, 0.25) is 0 Å². The van der Waals surface area contributed by atoms with Gasteiger partial charge in [-0.05, 0) is 49.3 Å². The summed E-state index contributed by atoms with van der Waals surface area (Å²) in [4.78, 5) is 23.5. The molecule has 1 aliphatic carbocycles. The Bertz CT molecular complexity index is 678. The first kappa shape index (κ1) is 24.0. The fraction of sp³-hybridized carbons (Fsp3) is 0.667. The van der Waals surface area contributed by atoms with Gasteiger partial charge in [-0.2, -0.15) is 0 Å². The first-order valence-corrected chi connectivity index (χ1v) is 11.1. The lowest BCUT2D eigenvalue weighted by Crippen LogP contribution is -2.33. The number of benzene rings is 1. The fourth-order valence-corrected chi connectivity index (χ4v) is 4.33. The van der Waals surface area contributed by atoms with Crippen LogP contribution in [0.1, 0.15) is 77.2 Å². The molecule has 1 aromatic carbocycles. The van der Waals surface area contributed by atoms with E-state index in [9.17, 15) is 14.7 Å². The van der Waals surface area contributed by atoms with E-state index in [0.29, 0.717) is 30.9 Å². The maximum Gasteiger partial charge on any atom is 0.302 e. The first-order valence-electron chi connectivity index (χ1n) is 11.1. The van der Waals surface area contributed by atoms with Gasteiger partial charge in [0.2, 0.25) is 0 Å². The van der Waals surface area contributed by atoms with Crippen LogP contribution in [0.3, 0.4) is 0 Å². The van der Waals surface area contributed by atoms with Gasteiger partial charge in [0.1, 0.15) is 12.2 Å². The maximum atomic E-state index is 11.8. The highest BCUT2D eigenvalue weighted by Gasteiger charge is 2.29. The van der Waals surface area contributed by atoms with E-state index < -0.39 is 0 Å². The van der Waals surface area contributed by atoms with Crippen LogP contribution in [-0.2, 0) is 25.5 Å². The smallest absolute Gasteiger partial charge is 0.302 e. The normalized spacial score (nSPS) is 17.3. The second kappa shape index (κ2) is 12.5. The van der Waals surface area contributed by atoms with Gasteiger partial charge in [-0.3, -0.25) is 9.59 Å². The third-order valence-corrected chi connectivity index (χ3v) is 5.82. The molecule has 2 rings (SSSR count). The number of aryl methyl sites for hydroxylation is 1. The third-order valence-electron chi connectivity index (χ3n) is 5.82. The molecule has 1 aliphatic rings. The fourth-order valence-electron chi connectivity index (χ4n) is 4.33. The molecule has 0 amide bonds. The lowest BCUT2D eigenvalue weighted by Gasteiger charge is -2.31. The molecular formula is C24H36O6. The molecule has 0 unspecified atom stereocenters. The van der Waals surface area contributed by atoms with E-state index >= 15 is 0 Å². The van der Waals surface area contributed by atoms with Crippen molar-refractivity contribution in [2.45, 2.75) is 90.3 Å². The van der Waals surface area contributed by atoms with E-state index in [1.54, 1.807) is 12.1 Å². The van der Waals surface area contributed by atoms with Crippen molar-refractivity contribution in [1.82, 2.24) is 0 Å². The lowest BCUT2D eigenvalue weighted by molar-refractivity contribution is -0.156. The zero-order valence-electron chi connectivity index (χ0n) is 18.5. The van der Waals surface area contributed by atoms with Crippen molar-refractivity contribution in [2.24, 2.45) is 5.92 Å². The molecule has 30 heavy (non-hydrogen) atoms. The second-order valence-corrected chi connectivity index (χ2v) is 8.27. The number of hydrogen-bond acceptors (Lipinski definition) is 6. The van der Waals surface area contributed by atoms with Crippen molar-refractivity contribution in [3.8, 4) is 11.5 Å². The number of hydrogen-bond donors (Lipinski definition) is 1. The van der Waals surface area contributed by atoms with Gasteiger partial charge in [-0.15, -0.1) is 0 Å². The van der Waals surface area contributed by atoms with Crippen LogP contribution in [-0.4, -0.2) is 36.4 Å². The van der Waals surface area contributed by atoms with Crippen LogP contribution in [0.15, 0.2) is 18.2 Å². The minimum absolute atomic E-state index is 0.0944. The standard InChI is InChI=1S/C24H36O6/c1-17(25)29-21(13-11-19-12-14-22(27)24(15-19)28-3)16-23(30-18(2)26)20-9-7-5-4-6-8-10-20/h12,14-15,20-21,23,27H,4-11,13,16H2,1-3H3/t21-,23-/m1/s1. The number of phenols is 1. The van der Waals surface area contributed by atoms with Crippen LogP contribution in [0.25, 0.3) is 0 Å². The Kier molecular flexibility index (Phi) is 9.98. The number of ether oxygens (including phenoxy) is 3. The van der Waals surface area contributed by atoms with Gasteiger partial charge >= 0.3 is 11.9 Å². The summed E-state index contributed by atoms with van der Waals surface area (Å²) in [6.07, 6.45) is 9.30. The monoisotopic (exact) mass is 420 g/mol. The molecule has 1 aromatic rings. The minimum Gasteiger partial charge on any atom is -0.504 e. The molecule has 6 heteroatoms. The maximum absolute atomic E-state index is 11.8. The van der Waals surface area contributed by atoms with Crippen LogP contribution >= 0.6 is 0 Å². The van der Waals surface area contributed by atoms with Gasteiger partial charge in [-0.25, -0.2) is 0 Å². The first-order chi connectivity index (χ1) is 14.4. The van der Waals surface area contributed by atoms with Gasteiger partial charge in [0.25, 0.3) is 0 Å². The summed E-state index contributed by atoms with van der Waals surface area (Å²) in [5, 5.41) is 9.78. The van der Waals surface area contributed by atoms with Gasteiger partial charge < -0.3 is 19.3 Å². The summed E-state index contributed by atoms with van der Waals surface area (Å²) in [5.74, 6) is 0.205. The molecule has 0 spiro atoms. The summed E-state index contributed by atoms with van der Waals surface area (Å²) >= 11 is 0. The van der Waals surface area contributed by atoms with Gasteiger partial charge in [-0.1, -0.05) is 38.2 Å². The number of methoxy groups -OCH3 is 1. The summed E-state index contributed by atoms with van der Waals surface area (Å²) in [5.41, 5.74) is 0.983. The predicted octanol–water partition coefficient (Wildman–Crippen LogP) is 4.95. The number of carbonyl (C=O) groups excluding carboxylic acids is 2. The Hall–Kier alpha value is -2.24. The molecule has 0 aliphatic heterocycles. The van der Waals surface area contributed by atoms with Crippen molar-refractivity contribution in [3.63, 3.8) is 0 Å². The third kappa shape index (κ3) is 8.25. The topological polar surface area (TPSA) is 82.1 Å². The van der Waals surface area contributed by atoms with Crippen molar-refractivity contribution < 1.29 is 28.9 Å². The zero-order chi connectivity index (χ0) is 21.9. The molecule has 0 heterocycles. The van der Waals surface area contributed by atoms with E-state index in [1.807, 2.05) is 6.07 Å². The molecule has 168 valence electrons. The molecule has 0 aromatic heterocycles. The van der Waals surface area contributed by atoms with E-state index in [2.05, 4.69) is 0 Å². The van der Waals surface area contributed by atoms with Gasteiger partial charge in [0, 0.05) is 20.3 Å². The molecule has 6 nitrogen and oxygen atoms in total. The summed E-state index contributed by atoms with van der Waals surface area (Å²) < 4.78 is 16.5. The molecule has 1 saturated carbocycles. The van der Waals surface area contributed by atoms with Crippen LogP contribution < -0.4 is 4.74 Å². The van der Waals surface area contributed by atoms with Crippen molar-refractivity contribution in [2.75, 3.05) is 7.11 Å². The molecule has 2 atom stereocenters. The Morgan fingerprint density at radius 3 is 2.27 bits per heavy atom. The Morgan fingerprint density at radius 1 is 1.03 bits per heavy atom. The van der Waals surface area contributed by atoms with Crippen LogP contribution in [0, 0.1) is 5.92 Å². The highest BCUT2D eigenvalue weighted by atomic mass is 16.6. The molecule has 0 radical (unpaired) electrons. The Labute approximate surface area is 179 Å². The molecular weight excluding hydrogens is 384 g/mol. The van der Waals surface area contributed by atoms with Gasteiger partial charge in [0.05, 0.1) is 7.11 Å².